The van der Waals surface area contributed by atoms with Crippen molar-refractivity contribution >= 4 is 12.3 Å². The van der Waals surface area contributed by atoms with Crippen LogP contribution in [0.3, 0.4) is 0 Å². The van der Waals surface area contributed by atoms with Gasteiger partial charge in [-0.2, -0.15) is 0 Å². The first-order valence-electron chi connectivity index (χ1n) is 16.3. The second kappa shape index (κ2) is 9.28. The van der Waals surface area contributed by atoms with E-state index in [2.05, 4.69) is 54.5 Å². The molecule has 1 aromatic carbocycles. The lowest BCUT2D eigenvalue weighted by molar-refractivity contribution is -0.205. The maximum atomic E-state index is 14.2. The lowest BCUT2D eigenvalue weighted by Gasteiger charge is -2.71. The van der Waals surface area contributed by atoms with E-state index in [1.54, 1.807) is 29.8 Å². The zero-order valence-corrected chi connectivity index (χ0v) is 26.5. The summed E-state index contributed by atoms with van der Waals surface area (Å²) in [6, 6.07) is 6.94. The second-order valence-corrected chi connectivity index (χ2v) is 16.8. The molecule has 8 atom stereocenters. The number of ether oxygens (including phenoxy) is 1. The summed E-state index contributed by atoms with van der Waals surface area (Å²) >= 11 is 0. The van der Waals surface area contributed by atoms with Crippen LogP contribution in [-0.2, 0) is 4.79 Å². The highest BCUT2D eigenvalue weighted by Gasteiger charge is 2.69. The Balaban J connectivity index is 1.38. The molecule has 0 bridgehead atoms. The smallest absolute Gasteiger partial charge is 0.318 e. The number of aldehydes is 1. The maximum Gasteiger partial charge on any atom is 0.318 e. The third-order valence-electron chi connectivity index (χ3n) is 14.2. The van der Waals surface area contributed by atoms with E-state index in [9.17, 15) is 14.7 Å². The summed E-state index contributed by atoms with van der Waals surface area (Å²) in [5, 5.41) is 11.0. The molecule has 1 aromatic rings. The molecule has 4 nitrogen and oxygen atoms in total. The van der Waals surface area contributed by atoms with Crippen LogP contribution in [0.1, 0.15) is 123 Å². The van der Waals surface area contributed by atoms with Gasteiger partial charge in [-0.15, -0.1) is 0 Å². The van der Waals surface area contributed by atoms with Crippen molar-refractivity contribution < 1.29 is 19.4 Å². The van der Waals surface area contributed by atoms with Gasteiger partial charge in [-0.25, -0.2) is 0 Å². The van der Waals surface area contributed by atoms with Crippen molar-refractivity contribution in [2.75, 3.05) is 0 Å². The van der Waals surface area contributed by atoms with E-state index in [4.69, 9.17) is 4.74 Å². The Morgan fingerprint density at radius 2 is 1.56 bits per heavy atom. The van der Waals surface area contributed by atoms with Crippen molar-refractivity contribution in [3.63, 3.8) is 0 Å². The van der Waals surface area contributed by atoms with Gasteiger partial charge in [-0.1, -0.05) is 60.1 Å². The minimum atomic E-state index is -0.495. The Morgan fingerprint density at radius 1 is 0.878 bits per heavy atom. The van der Waals surface area contributed by atoms with Crippen LogP contribution in [0.25, 0.3) is 0 Å². The predicted molar refractivity (Wildman–Crippen MR) is 163 cm³/mol. The van der Waals surface area contributed by atoms with Crippen molar-refractivity contribution in [1.29, 1.82) is 0 Å². The van der Waals surface area contributed by atoms with Crippen molar-refractivity contribution in [2.24, 2.45) is 50.2 Å². The lowest BCUT2D eigenvalue weighted by atomic mass is 9.33. The number of allylic oxidation sites excluding steroid dienone is 2. The molecule has 1 N–H and O–H groups in total. The molecule has 0 spiro atoms. The van der Waals surface area contributed by atoms with E-state index in [1.807, 2.05) is 0 Å². The normalized spacial score (nSPS) is 44.2. The summed E-state index contributed by atoms with van der Waals surface area (Å²) < 4.78 is 6.14. The summed E-state index contributed by atoms with van der Waals surface area (Å²) in [4.78, 5) is 25.4. The minimum absolute atomic E-state index is 0.0532. The monoisotopic (exact) mass is 560 g/mol. The van der Waals surface area contributed by atoms with Crippen molar-refractivity contribution in [2.45, 2.75) is 119 Å². The van der Waals surface area contributed by atoms with Crippen LogP contribution in [-0.4, -0.2) is 23.5 Å². The number of hydrogen-bond donors (Lipinski definition) is 1. The maximum absolute atomic E-state index is 14.2. The minimum Gasteiger partial charge on any atom is -0.426 e. The average molecular weight is 561 g/mol. The molecule has 0 radical (unpaired) electrons. The Morgan fingerprint density at radius 3 is 2.24 bits per heavy atom. The molecule has 0 saturated heterocycles. The lowest BCUT2D eigenvalue weighted by Crippen LogP contribution is -2.65. The number of aliphatic hydroxyl groups excluding tert-OH is 1. The topological polar surface area (TPSA) is 63.6 Å². The SMILES string of the molecule is CC1(C)CC[C@]2(C(=O)Oc3ccc(C=O)cc3)CC[C@]3(C)C(=CC[C@@H]4[C@@]5(C)CC[C@H](O)C(C)(C)C5CC[C@]43C)[C@H]2C1. The number of benzene rings is 1. The van der Waals surface area contributed by atoms with Crippen LogP contribution in [0, 0.1) is 50.2 Å². The highest BCUT2D eigenvalue weighted by Crippen LogP contribution is 2.75. The van der Waals surface area contributed by atoms with Crippen molar-refractivity contribution in [1.82, 2.24) is 0 Å². The van der Waals surface area contributed by atoms with E-state index >= 15 is 0 Å². The second-order valence-electron chi connectivity index (χ2n) is 16.8. The van der Waals surface area contributed by atoms with E-state index in [0.29, 0.717) is 23.1 Å². The third-order valence-corrected chi connectivity index (χ3v) is 14.2. The molecule has 0 aliphatic heterocycles. The van der Waals surface area contributed by atoms with Crippen molar-refractivity contribution in [3.05, 3.63) is 41.5 Å². The van der Waals surface area contributed by atoms with Crippen LogP contribution >= 0.6 is 0 Å². The van der Waals surface area contributed by atoms with Crippen molar-refractivity contribution in [3.8, 4) is 5.75 Å². The van der Waals surface area contributed by atoms with Gasteiger partial charge in [0, 0.05) is 5.56 Å². The molecule has 5 aliphatic carbocycles. The molecule has 0 aromatic heterocycles. The Labute approximate surface area is 247 Å². The summed E-state index contributed by atoms with van der Waals surface area (Å²) in [7, 11) is 0. The fourth-order valence-electron chi connectivity index (χ4n) is 11.4. The molecule has 224 valence electrons. The van der Waals surface area contributed by atoms with Gasteiger partial charge in [0.2, 0.25) is 0 Å². The number of esters is 1. The first-order valence-corrected chi connectivity index (χ1v) is 16.3. The first kappa shape index (κ1) is 29.1. The van der Waals surface area contributed by atoms with Gasteiger partial charge < -0.3 is 9.84 Å². The molecule has 4 heteroatoms. The molecule has 5 aliphatic rings. The van der Waals surface area contributed by atoms with Crippen LogP contribution in [0.5, 0.6) is 5.75 Å². The first-order chi connectivity index (χ1) is 19.1. The molecule has 4 saturated carbocycles. The molecule has 6 rings (SSSR count). The van der Waals surface area contributed by atoms with Gasteiger partial charge in [-0.05, 0) is 133 Å². The van der Waals surface area contributed by atoms with Gasteiger partial charge in [0.15, 0.2) is 0 Å². The average Bonchev–Trinajstić information content (AvgIpc) is 2.91. The Bertz CT molecular complexity index is 1260. The number of fused-ring (bicyclic) bond motifs is 7. The molecular formula is C37H52O4. The molecule has 0 heterocycles. The van der Waals surface area contributed by atoms with Gasteiger partial charge in [0.25, 0.3) is 0 Å². The number of aliphatic hydroxyl groups is 1. The number of hydrogen-bond acceptors (Lipinski definition) is 4. The summed E-state index contributed by atoms with van der Waals surface area (Å²) in [6.45, 7) is 17.1. The fourth-order valence-corrected chi connectivity index (χ4v) is 11.4. The highest BCUT2D eigenvalue weighted by molar-refractivity contribution is 5.81. The van der Waals surface area contributed by atoms with E-state index in [0.717, 1.165) is 57.7 Å². The molecule has 0 amide bonds. The molecule has 4 fully saturated rings. The van der Waals surface area contributed by atoms with Crippen LogP contribution in [0.4, 0.5) is 0 Å². The van der Waals surface area contributed by atoms with Crippen LogP contribution in [0.2, 0.25) is 0 Å². The largest absolute Gasteiger partial charge is 0.426 e. The number of carbonyl (C=O) groups is 2. The Kier molecular flexibility index (Phi) is 6.60. The fraction of sp³-hybridized carbons (Fsp3) is 0.730. The van der Waals surface area contributed by atoms with E-state index < -0.39 is 5.41 Å². The quantitative estimate of drug-likeness (QED) is 0.174. The summed E-state index contributed by atoms with van der Waals surface area (Å²) in [5.74, 6) is 1.77. The zero-order chi connectivity index (χ0) is 29.6. The van der Waals surface area contributed by atoms with E-state index in [1.165, 1.54) is 12.8 Å². The van der Waals surface area contributed by atoms with E-state index in [-0.39, 0.29) is 45.1 Å². The molecule has 1 unspecified atom stereocenters. The number of rotatable bonds is 3. The van der Waals surface area contributed by atoms with Gasteiger partial charge in [0.1, 0.15) is 12.0 Å². The number of carbonyl (C=O) groups excluding carboxylic acids is 2. The predicted octanol–water partition coefficient (Wildman–Crippen LogP) is 8.57. The summed E-state index contributed by atoms with van der Waals surface area (Å²) in [5.41, 5.74) is 2.20. The van der Waals surface area contributed by atoms with Crippen LogP contribution in [0.15, 0.2) is 35.9 Å². The zero-order valence-electron chi connectivity index (χ0n) is 26.5. The van der Waals surface area contributed by atoms with Gasteiger partial charge >= 0.3 is 5.97 Å². The summed E-state index contributed by atoms with van der Waals surface area (Å²) in [6.07, 6.45) is 13.5. The third kappa shape index (κ3) is 4.01. The van der Waals surface area contributed by atoms with Crippen LogP contribution < -0.4 is 4.74 Å². The standard InChI is InChI=1S/C37H52O4/c1-32(2)18-20-37(31(40)41-25-10-8-24(23-38)9-11-25)21-19-35(6)26(27(37)22-32)12-13-29-34(5)16-15-30(39)33(3,4)28(34)14-17-36(29,35)7/h8-12,23,27-30,39H,13-22H2,1-7H3/t27-,28?,29-,30+,34+,35-,36-,37+/m1/s1. The van der Waals surface area contributed by atoms with Gasteiger partial charge in [0.05, 0.1) is 11.5 Å². The Hall–Kier alpha value is -1.94. The molecular weight excluding hydrogens is 508 g/mol. The van der Waals surface area contributed by atoms with Gasteiger partial charge in [-0.3, -0.25) is 9.59 Å². The molecule has 41 heavy (non-hydrogen) atoms. The highest BCUT2D eigenvalue weighted by atomic mass is 16.5.